The second-order valence-electron chi connectivity index (χ2n) is 3.70. The quantitative estimate of drug-likeness (QED) is 0.364. The summed E-state index contributed by atoms with van der Waals surface area (Å²) in [5.74, 6) is 0. The minimum absolute atomic E-state index is 0. The first kappa shape index (κ1) is 15.0. The first-order valence-electron chi connectivity index (χ1n) is 5.31. The number of anilines is 1. The number of unbranched alkanes of at least 4 members (excludes halogenated alkanes) is 3. The summed E-state index contributed by atoms with van der Waals surface area (Å²) in [5.41, 5.74) is 7.81. The molecule has 15 heavy (non-hydrogen) atoms. The Morgan fingerprint density at radius 3 is 2.53 bits per heavy atom. The third-order valence-corrected chi connectivity index (χ3v) is 2.80. The summed E-state index contributed by atoms with van der Waals surface area (Å²) in [6.45, 7) is 2.23. The van der Waals surface area contributed by atoms with Gasteiger partial charge in [0.1, 0.15) is 0 Å². The van der Waals surface area contributed by atoms with Crippen LogP contribution in [0.15, 0.2) is 23.1 Å². The maximum absolute atomic E-state index is 5.69. The Kier molecular flexibility index (Phi) is 8.18. The molecule has 0 unspecified atom stereocenters. The van der Waals surface area contributed by atoms with Gasteiger partial charge in [0, 0.05) is 30.1 Å². The van der Waals surface area contributed by atoms with Crippen molar-refractivity contribution in [2.24, 2.45) is 0 Å². The summed E-state index contributed by atoms with van der Waals surface area (Å²) in [6.07, 6.45) is 6.36. The molecule has 1 aromatic rings. The third-order valence-electron chi connectivity index (χ3n) is 2.41. The summed E-state index contributed by atoms with van der Waals surface area (Å²) in [4.78, 5) is 0.901. The van der Waals surface area contributed by atoms with E-state index in [0.717, 1.165) is 17.0 Å². The third kappa shape index (κ3) is 5.58. The monoisotopic (exact) mass is 273 g/mol. The predicted molar refractivity (Wildman–Crippen MR) is 66.0 cm³/mol. The van der Waals surface area contributed by atoms with E-state index in [4.69, 9.17) is 5.73 Å². The van der Waals surface area contributed by atoms with E-state index in [0.29, 0.717) is 0 Å². The van der Waals surface area contributed by atoms with E-state index in [1.807, 2.05) is 6.07 Å². The number of rotatable bonds is 5. The zero-order chi connectivity index (χ0) is 10.4. The van der Waals surface area contributed by atoms with Crippen LogP contribution in [0.2, 0.25) is 0 Å². The second-order valence-corrected chi connectivity index (χ2v) is 4.19. The molecule has 0 heterocycles. The SMILES string of the molecule is CCCCCCc1ccc(N)c(S)c1.[Zn]. The number of benzene rings is 1. The Morgan fingerprint density at radius 2 is 1.93 bits per heavy atom. The van der Waals surface area contributed by atoms with Crippen molar-refractivity contribution in [1.29, 1.82) is 0 Å². The van der Waals surface area contributed by atoms with Crippen molar-refractivity contribution < 1.29 is 19.5 Å². The molecule has 0 amide bonds. The Bertz CT molecular complexity index is 289. The van der Waals surface area contributed by atoms with Crippen LogP contribution in [0.5, 0.6) is 0 Å². The van der Waals surface area contributed by atoms with Crippen molar-refractivity contribution >= 4 is 18.3 Å². The molecule has 0 saturated carbocycles. The average molecular weight is 275 g/mol. The van der Waals surface area contributed by atoms with Gasteiger partial charge in [0.2, 0.25) is 0 Å². The minimum Gasteiger partial charge on any atom is -0.398 e. The van der Waals surface area contributed by atoms with Gasteiger partial charge in [-0.05, 0) is 30.5 Å². The smallest absolute Gasteiger partial charge is 0.0449 e. The van der Waals surface area contributed by atoms with E-state index < -0.39 is 0 Å². The predicted octanol–water partition coefficient (Wildman–Crippen LogP) is 3.68. The molecule has 3 heteroatoms. The van der Waals surface area contributed by atoms with Crippen molar-refractivity contribution in [1.82, 2.24) is 0 Å². The molecular formula is C12H19NSZn. The minimum atomic E-state index is 0. The molecule has 0 aromatic heterocycles. The molecule has 1 aromatic carbocycles. The van der Waals surface area contributed by atoms with Crippen LogP contribution in [0.3, 0.4) is 0 Å². The fourth-order valence-corrected chi connectivity index (χ4v) is 1.74. The Labute approximate surface area is 111 Å². The van der Waals surface area contributed by atoms with Gasteiger partial charge in [-0.1, -0.05) is 32.3 Å². The van der Waals surface area contributed by atoms with Gasteiger partial charge in [-0.15, -0.1) is 12.6 Å². The first-order valence-corrected chi connectivity index (χ1v) is 5.76. The van der Waals surface area contributed by atoms with Crippen molar-refractivity contribution in [2.45, 2.75) is 43.9 Å². The van der Waals surface area contributed by atoms with Crippen LogP contribution in [0, 0.1) is 0 Å². The number of hydrogen-bond acceptors (Lipinski definition) is 2. The van der Waals surface area contributed by atoms with Gasteiger partial charge in [0.15, 0.2) is 0 Å². The molecule has 0 saturated heterocycles. The number of aryl methyl sites for hydroxylation is 1. The van der Waals surface area contributed by atoms with E-state index >= 15 is 0 Å². The normalized spacial score (nSPS) is 9.73. The van der Waals surface area contributed by atoms with Crippen LogP contribution in [-0.2, 0) is 25.9 Å². The largest absolute Gasteiger partial charge is 0.398 e. The number of hydrogen-bond donors (Lipinski definition) is 2. The summed E-state index contributed by atoms with van der Waals surface area (Å²) in [5, 5.41) is 0. The molecule has 1 nitrogen and oxygen atoms in total. The molecule has 0 aliphatic rings. The summed E-state index contributed by atoms with van der Waals surface area (Å²) < 4.78 is 0. The Hall–Kier alpha value is -0.00662. The van der Waals surface area contributed by atoms with Gasteiger partial charge in [0.05, 0.1) is 0 Å². The van der Waals surface area contributed by atoms with Crippen LogP contribution in [0.25, 0.3) is 0 Å². The topological polar surface area (TPSA) is 26.0 Å². The molecule has 0 radical (unpaired) electrons. The van der Waals surface area contributed by atoms with Crippen LogP contribution >= 0.6 is 12.6 Å². The molecular weight excluding hydrogens is 256 g/mol. The second kappa shape index (κ2) is 8.18. The van der Waals surface area contributed by atoms with Crippen LogP contribution < -0.4 is 5.73 Å². The molecule has 0 bridgehead atoms. The van der Waals surface area contributed by atoms with Gasteiger partial charge >= 0.3 is 0 Å². The van der Waals surface area contributed by atoms with Crippen LogP contribution in [0.1, 0.15) is 38.2 Å². The van der Waals surface area contributed by atoms with E-state index in [1.165, 1.54) is 31.2 Å². The molecule has 0 aliphatic carbocycles. The van der Waals surface area contributed by atoms with Gasteiger partial charge in [0.25, 0.3) is 0 Å². The van der Waals surface area contributed by atoms with Crippen molar-refractivity contribution in [2.75, 3.05) is 5.73 Å². The standard InChI is InChI=1S/C12H19NS.Zn/c1-2-3-4-5-6-10-7-8-11(13)12(14)9-10;/h7-9,14H,2-6,13H2,1H3;. The number of thiol groups is 1. The van der Waals surface area contributed by atoms with Crippen LogP contribution in [-0.4, -0.2) is 0 Å². The fraction of sp³-hybridized carbons (Fsp3) is 0.500. The number of nitrogens with two attached hydrogens (primary N) is 1. The molecule has 0 spiro atoms. The Morgan fingerprint density at radius 1 is 1.20 bits per heavy atom. The van der Waals surface area contributed by atoms with Crippen molar-refractivity contribution in [3.8, 4) is 0 Å². The van der Waals surface area contributed by atoms with E-state index in [9.17, 15) is 0 Å². The van der Waals surface area contributed by atoms with Gasteiger partial charge < -0.3 is 5.73 Å². The average Bonchev–Trinajstić information content (AvgIpc) is 2.18. The summed E-state index contributed by atoms with van der Waals surface area (Å²) >= 11 is 4.31. The molecule has 0 aliphatic heterocycles. The number of nitrogen functional groups attached to an aromatic ring is 1. The van der Waals surface area contributed by atoms with Crippen molar-refractivity contribution in [3.63, 3.8) is 0 Å². The summed E-state index contributed by atoms with van der Waals surface area (Å²) in [7, 11) is 0. The molecule has 80 valence electrons. The molecule has 2 N–H and O–H groups in total. The van der Waals surface area contributed by atoms with E-state index in [1.54, 1.807) is 0 Å². The van der Waals surface area contributed by atoms with Gasteiger partial charge in [-0.25, -0.2) is 0 Å². The molecule has 0 fully saturated rings. The van der Waals surface area contributed by atoms with Gasteiger partial charge in [-0.2, -0.15) is 0 Å². The molecule has 0 atom stereocenters. The van der Waals surface area contributed by atoms with E-state index in [-0.39, 0.29) is 19.5 Å². The zero-order valence-electron chi connectivity index (χ0n) is 9.50. The molecule has 1 rings (SSSR count). The van der Waals surface area contributed by atoms with Crippen molar-refractivity contribution in [3.05, 3.63) is 23.8 Å². The summed E-state index contributed by atoms with van der Waals surface area (Å²) in [6, 6.07) is 6.11. The van der Waals surface area contributed by atoms with Gasteiger partial charge in [-0.3, -0.25) is 0 Å². The Balaban J connectivity index is 0.00000196. The fourth-order valence-electron chi connectivity index (χ4n) is 1.50. The first-order chi connectivity index (χ1) is 6.74. The van der Waals surface area contributed by atoms with Crippen LogP contribution in [0.4, 0.5) is 5.69 Å². The zero-order valence-corrected chi connectivity index (χ0v) is 13.4. The maximum Gasteiger partial charge on any atom is 0.0449 e. The maximum atomic E-state index is 5.69. The van der Waals surface area contributed by atoms with E-state index in [2.05, 4.69) is 31.7 Å².